The first-order valence-electron chi connectivity index (χ1n) is 4.57. The Morgan fingerprint density at radius 3 is 2.73 bits per heavy atom. The molecule has 1 saturated carbocycles. The fourth-order valence-electron chi connectivity index (χ4n) is 1.89. The second-order valence-electron chi connectivity index (χ2n) is 4.00. The highest BCUT2D eigenvalue weighted by Gasteiger charge is 2.44. The van der Waals surface area contributed by atoms with E-state index in [1.165, 1.54) is 25.7 Å². The van der Waals surface area contributed by atoms with Crippen molar-refractivity contribution in [2.24, 2.45) is 5.41 Å². The van der Waals surface area contributed by atoms with Crippen LogP contribution in [-0.2, 0) is 4.74 Å². The first kappa shape index (κ1) is 7.56. The van der Waals surface area contributed by atoms with Gasteiger partial charge >= 0.3 is 0 Å². The molecular weight excluding hydrogens is 140 g/mol. The Bertz CT molecular complexity index is 134. The van der Waals surface area contributed by atoms with Crippen molar-refractivity contribution in [2.45, 2.75) is 38.2 Å². The zero-order chi connectivity index (χ0) is 7.73. The van der Waals surface area contributed by atoms with Crippen molar-refractivity contribution in [3.8, 4) is 0 Å². The van der Waals surface area contributed by atoms with E-state index in [2.05, 4.69) is 0 Å². The lowest BCUT2D eigenvalue weighted by Crippen LogP contribution is -2.16. The summed E-state index contributed by atoms with van der Waals surface area (Å²) in [4.78, 5) is 0. The van der Waals surface area contributed by atoms with Crippen LogP contribution < -0.4 is 0 Å². The van der Waals surface area contributed by atoms with E-state index in [1.54, 1.807) is 0 Å². The molecule has 0 spiro atoms. The van der Waals surface area contributed by atoms with E-state index in [9.17, 15) is 0 Å². The molecule has 2 fully saturated rings. The summed E-state index contributed by atoms with van der Waals surface area (Å²) in [6.45, 7) is 1.30. The van der Waals surface area contributed by atoms with Gasteiger partial charge in [0.25, 0.3) is 0 Å². The van der Waals surface area contributed by atoms with Crippen LogP contribution in [0.25, 0.3) is 0 Å². The summed E-state index contributed by atoms with van der Waals surface area (Å²) in [6, 6.07) is 0. The topological polar surface area (TPSA) is 29.5 Å². The van der Waals surface area contributed by atoms with Gasteiger partial charge in [-0.05, 0) is 37.5 Å². The molecule has 0 aromatic heterocycles. The summed E-state index contributed by atoms with van der Waals surface area (Å²) in [5, 5.41) is 9.06. The molecule has 11 heavy (non-hydrogen) atoms. The average Bonchev–Trinajstić information content (AvgIpc) is 2.59. The van der Waals surface area contributed by atoms with Gasteiger partial charge in [-0.2, -0.15) is 0 Å². The Balaban J connectivity index is 1.80. The quantitative estimate of drug-likeness (QED) is 0.668. The molecule has 2 heteroatoms. The SMILES string of the molecule is OCC1(CC2CCCO2)CC1. The van der Waals surface area contributed by atoms with Gasteiger partial charge in [-0.3, -0.25) is 0 Å². The Labute approximate surface area is 67.6 Å². The van der Waals surface area contributed by atoms with Gasteiger partial charge in [0.15, 0.2) is 0 Å². The normalized spacial score (nSPS) is 34.1. The van der Waals surface area contributed by atoms with Crippen molar-refractivity contribution in [1.82, 2.24) is 0 Å². The molecule has 0 bridgehead atoms. The third-order valence-electron chi connectivity index (χ3n) is 2.98. The third kappa shape index (κ3) is 1.57. The Morgan fingerprint density at radius 2 is 2.27 bits per heavy atom. The number of aliphatic hydroxyl groups excluding tert-OH is 1. The second-order valence-corrected chi connectivity index (χ2v) is 4.00. The van der Waals surface area contributed by atoms with E-state index >= 15 is 0 Å². The lowest BCUT2D eigenvalue weighted by Gasteiger charge is -2.16. The zero-order valence-corrected chi connectivity index (χ0v) is 6.88. The molecule has 0 amide bonds. The summed E-state index contributed by atoms with van der Waals surface area (Å²) in [5.41, 5.74) is 0.287. The Hall–Kier alpha value is -0.0800. The first-order chi connectivity index (χ1) is 5.35. The minimum atomic E-state index is 0.287. The number of ether oxygens (including phenoxy) is 1. The van der Waals surface area contributed by atoms with Gasteiger partial charge in [0, 0.05) is 13.2 Å². The van der Waals surface area contributed by atoms with E-state index in [0.717, 1.165) is 13.0 Å². The highest BCUT2D eigenvalue weighted by Crippen LogP contribution is 2.50. The van der Waals surface area contributed by atoms with Gasteiger partial charge in [0.1, 0.15) is 0 Å². The van der Waals surface area contributed by atoms with Crippen molar-refractivity contribution >= 4 is 0 Å². The summed E-state index contributed by atoms with van der Waals surface area (Å²) in [7, 11) is 0. The molecular formula is C9H16O2. The van der Waals surface area contributed by atoms with Crippen LogP contribution in [0.1, 0.15) is 32.1 Å². The number of aliphatic hydroxyl groups is 1. The number of rotatable bonds is 3. The van der Waals surface area contributed by atoms with E-state index in [-0.39, 0.29) is 5.41 Å². The predicted molar refractivity (Wildman–Crippen MR) is 42.3 cm³/mol. The lowest BCUT2D eigenvalue weighted by molar-refractivity contribution is 0.0699. The van der Waals surface area contributed by atoms with Crippen LogP contribution in [0, 0.1) is 5.41 Å². The van der Waals surface area contributed by atoms with E-state index in [0.29, 0.717) is 12.7 Å². The summed E-state index contributed by atoms with van der Waals surface area (Å²) in [5.74, 6) is 0. The summed E-state index contributed by atoms with van der Waals surface area (Å²) < 4.78 is 5.52. The molecule has 1 aliphatic carbocycles. The maximum Gasteiger partial charge on any atom is 0.0582 e. The molecule has 1 atom stereocenters. The second kappa shape index (κ2) is 2.76. The van der Waals surface area contributed by atoms with Crippen molar-refractivity contribution in [3.63, 3.8) is 0 Å². The van der Waals surface area contributed by atoms with Crippen LogP contribution in [-0.4, -0.2) is 24.4 Å². The molecule has 1 aliphatic heterocycles. The molecule has 1 N–H and O–H groups in total. The number of hydrogen-bond acceptors (Lipinski definition) is 2. The molecule has 2 rings (SSSR count). The van der Waals surface area contributed by atoms with E-state index in [4.69, 9.17) is 9.84 Å². The van der Waals surface area contributed by atoms with Gasteiger partial charge in [-0.25, -0.2) is 0 Å². The van der Waals surface area contributed by atoms with Crippen molar-refractivity contribution < 1.29 is 9.84 Å². The van der Waals surface area contributed by atoms with Crippen LogP contribution >= 0.6 is 0 Å². The van der Waals surface area contributed by atoms with Crippen LogP contribution in [0.5, 0.6) is 0 Å². The minimum absolute atomic E-state index is 0.287. The molecule has 1 heterocycles. The van der Waals surface area contributed by atoms with Gasteiger partial charge < -0.3 is 9.84 Å². The van der Waals surface area contributed by atoms with Crippen LogP contribution in [0.3, 0.4) is 0 Å². The average molecular weight is 156 g/mol. The van der Waals surface area contributed by atoms with Crippen LogP contribution in [0.4, 0.5) is 0 Å². The van der Waals surface area contributed by atoms with Crippen LogP contribution in [0.15, 0.2) is 0 Å². The fourth-order valence-corrected chi connectivity index (χ4v) is 1.89. The van der Waals surface area contributed by atoms with Crippen LogP contribution in [0.2, 0.25) is 0 Å². The molecule has 0 radical (unpaired) electrons. The Kier molecular flexibility index (Phi) is 1.90. The molecule has 1 saturated heterocycles. The largest absolute Gasteiger partial charge is 0.396 e. The van der Waals surface area contributed by atoms with Crippen molar-refractivity contribution in [1.29, 1.82) is 0 Å². The third-order valence-corrected chi connectivity index (χ3v) is 2.98. The highest BCUT2D eigenvalue weighted by molar-refractivity contribution is 4.94. The van der Waals surface area contributed by atoms with Crippen molar-refractivity contribution in [2.75, 3.05) is 13.2 Å². The van der Waals surface area contributed by atoms with Gasteiger partial charge in [-0.1, -0.05) is 0 Å². The summed E-state index contributed by atoms with van der Waals surface area (Å²) >= 11 is 0. The number of hydrogen-bond donors (Lipinski definition) is 1. The predicted octanol–water partition coefficient (Wildman–Crippen LogP) is 1.33. The molecule has 0 aromatic rings. The smallest absolute Gasteiger partial charge is 0.0582 e. The highest BCUT2D eigenvalue weighted by atomic mass is 16.5. The Morgan fingerprint density at radius 1 is 1.45 bits per heavy atom. The maximum absolute atomic E-state index is 9.06. The molecule has 2 nitrogen and oxygen atoms in total. The molecule has 64 valence electrons. The fraction of sp³-hybridized carbons (Fsp3) is 1.00. The van der Waals surface area contributed by atoms with E-state index < -0.39 is 0 Å². The lowest BCUT2D eigenvalue weighted by atomic mass is 9.98. The zero-order valence-electron chi connectivity index (χ0n) is 6.88. The standard InChI is InChI=1S/C9H16O2/c10-7-9(3-4-9)6-8-2-1-5-11-8/h8,10H,1-7H2. The van der Waals surface area contributed by atoms with Gasteiger partial charge in [-0.15, -0.1) is 0 Å². The van der Waals surface area contributed by atoms with E-state index in [1.807, 2.05) is 0 Å². The minimum Gasteiger partial charge on any atom is -0.396 e. The maximum atomic E-state index is 9.06. The molecule has 1 unspecified atom stereocenters. The van der Waals surface area contributed by atoms with Gasteiger partial charge in [0.2, 0.25) is 0 Å². The van der Waals surface area contributed by atoms with Gasteiger partial charge in [0.05, 0.1) is 6.10 Å². The molecule has 0 aromatic carbocycles. The first-order valence-corrected chi connectivity index (χ1v) is 4.57. The monoisotopic (exact) mass is 156 g/mol. The molecule has 2 aliphatic rings. The van der Waals surface area contributed by atoms with Crippen molar-refractivity contribution in [3.05, 3.63) is 0 Å². The summed E-state index contributed by atoms with van der Waals surface area (Å²) in [6.07, 6.45) is 6.41.